The molecule has 0 bridgehead atoms. The van der Waals surface area contributed by atoms with Crippen LogP contribution in [0.4, 0.5) is 8.78 Å². The Balaban J connectivity index is 3.75. The molecule has 0 amide bonds. The van der Waals surface area contributed by atoms with Crippen LogP contribution in [-0.4, -0.2) is 26.6 Å². The molecule has 0 aromatic rings. The fourth-order valence-electron chi connectivity index (χ4n) is 0.902. The average molecular weight is 272 g/mol. The van der Waals surface area contributed by atoms with Gasteiger partial charge in [0.2, 0.25) is 11.1 Å². The van der Waals surface area contributed by atoms with Gasteiger partial charge in [-0.2, -0.15) is 8.78 Å². The smallest absolute Gasteiger partial charge is 0.345 e. The number of carbonyl (C=O) groups excluding carboxylic acids is 1. The highest BCUT2D eigenvalue weighted by Crippen LogP contribution is 2.24. The molecule has 1 N–H and O–H groups in total. The van der Waals surface area contributed by atoms with Gasteiger partial charge in [0.15, 0.2) is 0 Å². The summed E-state index contributed by atoms with van der Waals surface area (Å²) in [5.74, 6) is -0.394. The monoisotopic (exact) mass is 272 g/mol. The van der Waals surface area contributed by atoms with E-state index in [1.807, 2.05) is 0 Å². The van der Waals surface area contributed by atoms with Gasteiger partial charge >= 0.3 is 11.2 Å². The maximum atomic E-state index is 12.7. The Bertz CT molecular complexity index is 287. The van der Waals surface area contributed by atoms with Gasteiger partial charge < -0.3 is 9.29 Å². The van der Waals surface area contributed by atoms with E-state index in [0.29, 0.717) is 0 Å². The molecule has 0 aliphatic carbocycles. The normalized spacial score (nSPS) is 14.5. The quantitative estimate of drug-likeness (QED) is 0.458. The largest absolute Gasteiger partial charge is 0.465 e. The first-order valence-electron chi connectivity index (χ1n) is 5.23. The lowest BCUT2D eigenvalue weighted by atomic mass is 9.97. The minimum absolute atomic E-state index is 0.0245. The molecule has 0 aliphatic rings. The zero-order valence-electron chi connectivity index (χ0n) is 10.2. The summed E-state index contributed by atoms with van der Waals surface area (Å²) in [6.07, 6.45) is -0.422. The van der Waals surface area contributed by atoms with E-state index in [1.165, 1.54) is 0 Å². The second-order valence-corrected chi connectivity index (χ2v) is 5.83. The second kappa shape index (κ2) is 6.39. The van der Waals surface area contributed by atoms with Crippen LogP contribution in [-0.2, 0) is 20.6 Å². The molecule has 0 radical (unpaired) electrons. The van der Waals surface area contributed by atoms with Crippen LogP contribution in [0.25, 0.3) is 0 Å². The van der Waals surface area contributed by atoms with Crippen LogP contribution in [0.15, 0.2) is 0 Å². The van der Waals surface area contributed by atoms with Crippen LogP contribution < -0.4 is 0 Å². The predicted octanol–water partition coefficient (Wildman–Crippen LogP) is 2.56. The zero-order valence-corrected chi connectivity index (χ0v) is 11.0. The molecule has 0 heterocycles. The summed E-state index contributed by atoms with van der Waals surface area (Å²) in [5, 5.41) is -3.59. The maximum absolute atomic E-state index is 12.7. The second-order valence-electron chi connectivity index (χ2n) is 4.73. The van der Waals surface area contributed by atoms with Gasteiger partial charge in [-0.15, -0.1) is 0 Å². The van der Waals surface area contributed by atoms with E-state index in [-0.39, 0.29) is 19.4 Å². The SMILES string of the molecule is CC(C)(C)C(=O)OCCCCC(F)(F)S(=O)O. The Hall–Kier alpha value is -0.560. The third-order valence-corrected chi connectivity index (χ3v) is 2.68. The molecule has 4 nitrogen and oxygen atoms in total. The third-order valence-electron chi connectivity index (χ3n) is 1.96. The summed E-state index contributed by atoms with van der Waals surface area (Å²) in [6, 6.07) is 0. The Morgan fingerprint density at radius 1 is 1.29 bits per heavy atom. The van der Waals surface area contributed by atoms with Gasteiger partial charge in [0.05, 0.1) is 12.0 Å². The summed E-state index contributed by atoms with van der Waals surface area (Å²) in [5.41, 5.74) is -0.615. The highest BCUT2D eigenvalue weighted by molar-refractivity contribution is 7.80. The van der Waals surface area contributed by atoms with Gasteiger partial charge in [-0.05, 0) is 33.6 Å². The number of hydrogen-bond donors (Lipinski definition) is 1. The van der Waals surface area contributed by atoms with E-state index >= 15 is 0 Å². The number of carbonyl (C=O) groups is 1. The fourth-order valence-corrected chi connectivity index (χ4v) is 1.22. The third kappa shape index (κ3) is 6.68. The van der Waals surface area contributed by atoms with Crippen molar-refractivity contribution < 1.29 is 27.1 Å². The topological polar surface area (TPSA) is 63.6 Å². The van der Waals surface area contributed by atoms with Crippen molar-refractivity contribution >= 4 is 17.0 Å². The molecule has 7 heteroatoms. The van der Waals surface area contributed by atoms with Crippen LogP contribution in [0.1, 0.15) is 40.0 Å². The number of unbranched alkanes of at least 4 members (excludes halogenated alkanes) is 1. The number of halogens is 2. The van der Waals surface area contributed by atoms with Gasteiger partial charge in [-0.1, -0.05) is 0 Å². The van der Waals surface area contributed by atoms with Gasteiger partial charge in [-0.3, -0.25) is 4.79 Å². The number of hydrogen-bond acceptors (Lipinski definition) is 3. The lowest BCUT2D eigenvalue weighted by Gasteiger charge is -2.16. The van der Waals surface area contributed by atoms with Gasteiger partial charge in [0.1, 0.15) is 0 Å². The Labute approximate surface area is 102 Å². The molecule has 1 unspecified atom stereocenters. The molecule has 0 rings (SSSR count). The lowest BCUT2D eigenvalue weighted by molar-refractivity contribution is -0.153. The van der Waals surface area contributed by atoms with Crippen LogP contribution >= 0.6 is 0 Å². The number of esters is 1. The first kappa shape index (κ1) is 16.4. The summed E-state index contributed by atoms with van der Waals surface area (Å²) < 4.78 is 48.7. The summed E-state index contributed by atoms with van der Waals surface area (Å²) in [7, 11) is 0. The highest BCUT2D eigenvalue weighted by Gasteiger charge is 2.35. The summed E-state index contributed by atoms with van der Waals surface area (Å²) in [6.45, 7) is 5.12. The lowest BCUT2D eigenvalue weighted by Crippen LogP contribution is -2.24. The molecule has 102 valence electrons. The minimum Gasteiger partial charge on any atom is -0.465 e. The number of rotatable bonds is 6. The molecular weight excluding hydrogens is 254 g/mol. The minimum atomic E-state index is -3.59. The van der Waals surface area contributed by atoms with Gasteiger partial charge in [0.25, 0.3) is 0 Å². The van der Waals surface area contributed by atoms with E-state index in [0.717, 1.165) is 0 Å². The molecule has 0 spiro atoms. The van der Waals surface area contributed by atoms with Crippen molar-refractivity contribution in [1.29, 1.82) is 0 Å². The van der Waals surface area contributed by atoms with Crippen molar-refractivity contribution in [2.45, 2.75) is 45.3 Å². The maximum Gasteiger partial charge on any atom is 0.345 e. The van der Waals surface area contributed by atoms with Crippen molar-refractivity contribution in [2.75, 3.05) is 6.61 Å². The Morgan fingerprint density at radius 3 is 2.24 bits per heavy atom. The van der Waals surface area contributed by atoms with Crippen LogP contribution in [0, 0.1) is 5.41 Å². The average Bonchev–Trinajstić information content (AvgIpc) is 2.15. The molecule has 1 atom stereocenters. The van der Waals surface area contributed by atoms with Crippen molar-refractivity contribution in [1.82, 2.24) is 0 Å². The molecule has 0 aromatic carbocycles. The molecule has 0 fully saturated rings. The zero-order chi connectivity index (χ0) is 13.7. The highest BCUT2D eigenvalue weighted by atomic mass is 32.2. The standard InChI is InChI=1S/C10H18F2O4S/c1-9(2,3)8(13)16-7-5-4-6-10(11,12)17(14)15/h4-7H2,1-3H3,(H,14,15). The van der Waals surface area contributed by atoms with Crippen molar-refractivity contribution in [3.63, 3.8) is 0 Å². The molecule has 0 aliphatic heterocycles. The predicted molar refractivity (Wildman–Crippen MR) is 60.0 cm³/mol. The molecule has 0 saturated carbocycles. The Morgan fingerprint density at radius 2 is 1.82 bits per heavy atom. The van der Waals surface area contributed by atoms with Crippen molar-refractivity contribution in [3.8, 4) is 0 Å². The molecule has 0 aromatic heterocycles. The summed E-state index contributed by atoms with van der Waals surface area (Å²) in [4.78, 5) is 11.3. The van der Waals surface area contributed by atoms with Gasteiger partial charge in [-0.25, -0.2) is 4.21 Å². The molecule has 0 saturated heterocycles. The van der Waals surface area contributed by atoms with Crippen LogP contribution in [0.5, 0.6) is 0 Å². The first-order chi connectivity index (χ1) is 7.57. The first-order valence-corrected chi connectivity index (χ1v) is 6.34. The van der Waals surface area contributed by atoms with Gasteiger partial charge in [0, 0.05) is 6.42 Å². The molecular formula is C10H18F2O4S. The fraction of sp³-hybridized carbons (Fsp3) is 0.900. The summed E-state index contributed by atoms with van der Waals surface area (Å²) >= 11 is -3.15. The number of alkyl halides is 2. The number of ether oxygens (including phenoxy) is 1. The molecule has 17 heavy (non-hydrogen) atoms. The van der Waals surface area contributed by atoms with Crippen LogP contribution in [0.2, 0.25) is 0 Å². The van der Waals surface area contributed by atoms with E-state index in [1.54, 1.807) is 20.8 Å². The van der Waals surface area contributed by atoms with E-state index < -0.39 is 34.1 Å². The van der Waals surface area contributed by atoms with Crippen molar-refractivity contribution in [3.05, 3.63) is 0 Å². The van der Waals surface area contributed by atoms with E-state index in [9.17, 15) is 17.8 Å². The van der Waals surface area contributed by atoms with Crippen molar-refractivity contribution in [2.24, 2.45) is 5.41 Å². The Kier molecular flexibility index (Phi) is 6.18. The van der Waals surface area contributed by atoms with E-state index in [2.05, 4.69) is 0 Å². The van der Waals surface area contributed by atoms with Crippen LogP contribution in [0.3, 0.4) is 0 Å². The van der Waals surface area contributed by atoms with E-state index in [4.69, 9.17) is 9.29 Å².